The highest BCUT2D eigenvalue weighted by atomic mass is 32.1. The summed E-state index contributed by atoms with van der Waals surface area (Å²) < 4.78 is 0. The van der Waals surface area contributed by atoms with E-state index in [9.17, 15) is 5.11 Å². The van der Waals surface area contributed by atoms with Crippen molar-refractivity contribution in [2.45, 2.75) is 58.6 Å². The molecule has 2 rings (SSSR count). The first-order valence-corrected chi connectivity index (χ1v) is 7.41. The molecule has 1 saturated carbocycles. The first-order valence-electron chi connectivity index (χ1n) is 6.60. The number of aryl methyl sites for hydroxylation is 1. The highest BCUT2D eigenvalue weighted by molar-refractivity contribution is 7.15. The highest BCUT2D eigenvalue weighted by Gasteiger charge is 2.23. The SMILES string of the molecule is CCN(c1nc(C)c(CO)s1)C1CCCCC1. The zero-order valence-electron chi connectivity index (χ0n) is 10.8. The molecule has 1 N–H and O–H groups in total. The number of nitrogens with zero attached hydrogens (tertiary/aromatic N) is 2. The molecule has 0 aromatic carbocycles. The van der Waals surface area contributed by atoms with Crippen molar-refractivity contribution in [3.05, 3.63) is 10.6 Å². The van der Waals surface area contributed by atoms with Gasteiger partial charge in [-0.15, -0.1) is 0 Å². The van der Waals surface area contributed by atoms with Crippen molar-refractivity contribution >= 4 is 16.5 Å². The van der Waals surface area contributed by atoms with Crippen molar-refractivity contribution in [2.75, 3.05) is 11.4 Å². The van der Waals surface area contributed by atoms with Crippen molar-refractivity contribution in [3.8, 4) is 0 Å². The largest absolute Gasteiger partial charge is 0.391 e. The smallest absolute Gasteiger partial charge is 0.186 e. The van der Waals surface area contributed by atoms with Crippen LogP contribution in [0.3, 0.4) is 0 Å². The average Bonchev–Trinajstić information content (AvgIpc) is 2.73. The van der Waals surface area contributed by atoms with Crippen LogP contribution in [0, 0.1) is 6.92 Å². The third kappa shape index (κ3) is 2.80. The fourth-order valence-corrected chi connectivity index (χ4v) is 3.68. The van der Waals surface area contributed by atoms with Crippen LogP contribution in [0.1, 0.15) is 49.6 Å². The van der Waals surface area contributed by atoms with Gasteiger partial charge in [-0.25, -0.2) is 4.98 Å². The molecule has 1 aliphatic carbocycles. The molecule has 96 valence electrons. The van der Waals surface area contributed by atoms with E-state index in [4.69, 9.17) is 0 Å². The quantitative estimate of drug-likeness (QED) is 0.897. The number of aliphatic hydroxyl groups excluding tert-OH is 1. The van der Waals surface area contributed by atoms with Crippen molar-refractivity contribution in [1.29, 1.82) is 0 Å². The summed E-state index contributed by atoms with van der Waals surface area (Å²) in [5.41, 5.74) is 0.988. The Morgan fingerprint density at radius 3 is 2.59 bits per heavy atom. The number of hydrogen-bond acceptors (Lipinski definition) is 4. The molecule has 1 aromatic rings. The summed E-state index contributed by atoms with van der Waals surface area (Å²) >= 11 is 1.65. The molecule has 0 spiro atoms. The molecule has 0 aliphatic heterocycles. The lowest BCUT2D eigenvalue weighted by molar-refractivity contribution is 0.284. The highest BCUT2D eigenvalue weighted by Crippen LogP contribution is 2.31. The molecule has 4 heteroatoms. The van der Waals surface area contributed by atoms with E-state index in [0.29, 0.717) is 6.04 Å². The molecule has 1 heterocycles. The summed E-state index contributed by atoms with van der Waals surface area (Å²) in [5.74, 6) is 0. The van der Waals surface area contributed by atoms with E-state index in [1.54, 1.807) is 11.3 Å². The maximum atomic E-state index is 9.25. The Morgan fingerprint density at radius 1 is 1.35 bits per heavy atom. The molecule has 3 nitrogen and oxygen atoms in total. The summed E-state index contributed by atoms with van der Waals surface area (Å²) in [7, 11) is 0. The van der Waals surface area contributed by atoms with Gasteiger partial charge in [0.2, 0.25) is 0 Å². The van der Waals surface area contributed by atoms with Gasteiger partial charge in [-0.1, -0.05) is 30.6 Å². The van der Waals surface area contributed by atoms with E-state index in [1.807, 2.05) is 6.92 Å². The minimum atomic E-state index is 0.117. The number of hydrogen-bond donors (Lipinski definition) is 1. The second-order valence-corrected chi connectivity index (χ2v) is 5.80. The third-order valence-corrected chi connectivity index (χ3v) is 4.81. The Bertz CT molecular complexity index is 358. The zero-order chi connectivity index (χ0) is 12.3. The molecular weight excluding hydrogens is 232 g/mol. The Morgan fingerprint density at radius 2 is 2.06 bits per heavy atom. The van der Waals surface area contributed by atoms with Gasteiger partial charge in [0.1, 0.15) is 0 Å². The van der Waals surface area contributed by atoms with Crippen LogP contribution in [0.4, 0.5) is 5.13 Å². The van der Waals surface area contributed by atoms with Crippen molar-refractivity contribution in [2.24, 2.45) is 0 Å². The molecule has 0 radical (unpaired) electrons. The van der Waals surface area contributed by atoms with Crippen LogP contribution in [-0.2, 0) is 6.61 Å². The van der Waals surface area contributed by atoms with Crippen LogP contribution >= 0.6 is 11.3 Å². The fraction of sp³-hybridized carbons (Fsp3) is 0.769. The molecule has 1 aromatic heterocycles. The number of thiazole rings is 1. The van der Waals surface area contributed by atoms with Crippen LogP contribution in [0.5, 0.6) is 0 Å². The monoisotopic (exact) mass is 254 g/mol. The van der Waals surface area contributed by atoms with Crippen LogP contribution in [0.2, 0.25) is 0 Å². The summed E-state index contributed by atoms with van der Waals surface area (Å²) in [6.45, 7) is 5.32. The molecule has 0 bridgehead atoms. The molecule has 0 amide bonds. The van der Waals surface area contributed by atoms with E-state index < -0.39 is 0 Å². The fourth-order valence-electron chi connectivity index (χ4n) is 2.62. The molecule has 17 heavy (non-hydrogen) atoms. The number of aromatic nitrogens is 1. The molecule has 1 aliphatic rings. The van der Waals surface area contributed by atoms with Gasteiger partial charge < -0.3 is 10.0 Å². The van der Waals surface area contributed by atoms with Crippen LogP contribution in [0.15, 0.2) is 0 Å². The minimum absolute atomic E-state index is 0.117. The van der Waals surface area contributed by atoms with Crippen LogP contribution in [0.25, 0.3) is 0 Å². The summed E-state index contributed by atoms with van der Waals surface area (Å²) in [6, 6.07) is 0.658. The van der Waals surface area contributed by atoms with E-state index in [1.165, 1.54) is 32.1 Å². The van der Waals surface area contributed by atoms with Crippen LogP contribution in [-0.4, -0.2) is 22.7 Å². The summed E-state index contributed by atoms with van der Waals surface area (Å²) in [6.07, 6.45) is 6.66. The topological polar surface area (TPSA) is 36.4 Å². The predicted octanol–water partition coefficient (Wildman–Crippen LogP) is 3.10. The predicted molar refractivity (Wildman–Crippen MR) is 72.7 cm³/mol. The summed E-state index contributed by atoms with van der Waals surface area (Å²) in [4.78, 5) is 8.05. The Balaban J connectivity index is 2.15. The van der Waals surface area contributed by atoms with E-state index in [-0.39, 0.29) is 6.61 Å². The van der Waals surface area contributed by atoms with E-state index in [2.05, 4.69) is 16.8 Å². The second kappa shape index (κ2) is 5.83. The molecule has 1 fully saturated rings. The second-order valence-electron chi connectivity index (χ2n) is 4.74. The maximum Gasteiger partial charge on any atom is 0.186 e. The minimum Gasteiger partial charge on any atom is -0.391 e. The van der Waals surface area contributed by atoms with Gasteiger partial charge in [-0.3, -0.25) is 0 Å². The lowest BCUT2D eigenvalue weighted by Gasteiger charge is -2.33. The van der Waals surface area contributed by atoms with Gasteiger partial charge in [0.15, 0.2) is 5.13 Å². The van der Waals surface area contributed by atoms with Crippen molar-refractivity contribution in [1.82, 2.24) is 4.98 Å². The average molecular weight is 254 g/mol. The Hall–Kier alpha value is -0.610. The standard InChI is InChI=1S/C13H22N2OS/c1-3-15(11-7-5-4-6-8-11)13-14-10(2)12(9-16)17-13/h11,16H,3-9H2,1-2H3. The van der Waals surface area contributed by atoms with Crippen molar-refractivity contribution in [3.63, 3.8) is 0 Å². The summed E-state index contributed by atoms with van der Waals surface area (Å²) in [5, 5.41) is 10.3. The first-order chi connectivity index (χ1) is 8.26. The first kappa shape index (κ1) is 12.8. The van der Waals surface area contributed by atoms with Gasteiger partial charge in [-0.2, -0.15) is 0 Å². The number of anilines is 1. The Kier molecular flexibility index (Phi) is 4.40. The Labute approximate surface area is 107 Å². The molecule has 0 atom stereocenters. The molecular formula is C13H22N2OS. The van der Waals surface area contributed by atoms with Crippen LogP contribution < -0.4 is 4.90 Å². The van der Waals surface area contributed by atoms with Gasteiger partial charge in [-0.05, 0) is 26.7 Å². The van der Waals surface area contributed by atoms with Gasteiger partial charge in [0.05, 0.1) is 17.2 Å². The van der Waals surface area contributed by atoms with E-state index >= 15 is 0 Å². The van der Waals surface area contributed by atoms with Gasteiger partial charge in [0, 0.05) is 12.6 Å². The van der Waals surface area contributed by atoms with Crippen molar-refractivity contribution < 1.29 is 5.11 Å². The van der Waals surface area contributed by atoms with Gasteiger partial charge in [0.25, 0.3) is 0 Å². The number of rotatable bonds is 4. The lowest BCUT2D eigenvalue weighted by Crippen LogP contribution is -2.36. The lowest BCUT2D eigenvalue weighted by atomic mass is 9.94. The maximum absolute atomic E-state index is 9.25. The molecule has 0 unspecified atom stereocenters. The number of aliphatic hydroxyl groups is 1. The third-order valence-electron chi connectivity index (χ3n) is 3.63. The zero-order valence-corrected chi connectivity index (χ0v) is 11.6. The normalized spacial score (nSPS) is 17.4. The van der Waals surface area contributed by atoms with Gasteiger partial charge >= 0.3 is 0 Å². The molecule has 0 saturated heterocycles. The van der Waals surface area contributed by atoms with E-state index in [0.717, 1.165) is 22.2 Å².